The average Bonchev–Trinajstić information content (AvgIpc) is 2.13. The first-order valence-electron chi connectivity index (χ1n) is 5.07. The monoisotopic (exact) mass is 309 g/mol. The molecule has 1 amide bonds. The second-order valence-electron chi connectivity index (χ2n) is 4.79. The zero-order chi connectivity index (χ0) is 14.1. The van der Waals surface area contributed by atoms with E-state index in [4.69, 9.17) is 22.3 Å². The van der Waals surface area contributed by atoms with Crippen LogP contribution in [0.25, 0.3) is 0 Å². The number of carbonyl (C=O) groups is 1. The van der Waals surface area contributed by atoms with Gasteiger partial charge in [0.2, 0.25) is 5.91 Å². The van der Waals surface area contributed by atoms with E-state index in [-0.39, 0.29) is 15.8 Å². The summed E-state index contributed by atoms with van der Waals surface area (Å²) >= 11 is 5.80. The van der Waals surface area contributed by atoms with E-state index in [1.54, 1.807) is 20.8 Å². The van der Waals surface area contributed by atoms with Crippen molar-refractivity contribution < 1.29 is 13.2 Å². The van der Waals surface area contributed by atoms with Gasteiger partial charge in [-0.25, -0.2) is 8.42 Å². The average molecular weight is 310 g/mol. The molecule has 0 bridgehead atoms. The van der Waals surface area contributed by atoms with Gasteiger partial charge in [-0.3, -0.25) is 4.79 Å². The Balaban J connectivity index is 3.04. The molecular formula is C11H13Cl2NO3S. The molecule has 1 rings (SSSR count). The number of benzene rings is 1. The molecule has 0 aromatic heterocycles. The number of hydrogen-bond donors (Lipinski definition) is 1. The fraction of sp³-hybridized carbons (Fsp3) is 0.364. The quantitative estimate of drug-likeness (QED) is 0.853. The van der Waals surface area contributed by atoms with Gasteiger partial charge in [0.05, 0.1) is 5.02 Å². The Kier molecular flexibility index (Phi) is 4.30. The summed E-state index contributed by atoms with van der Waals surface area (Å²) in [5.41, 5.74) is -0.132. The number of rotatable bonds is 2. The van der Waals surface area contributed by atoms with Crippen LogP contribution in [0.15, 0.2) is 23.1 Å². The fourth-order valence-corrected chi connectivity index (χ4v) is 2.62. The van der Waals surface area contributed by atoms with Gasteiger partial charge in [-0.2, -0.15) is 0 Å². The van der Waals surface area contributed by atoms with Gasteiger partial charge in [-0.15, -0.1) is 0 Å². The van der Waals surface area contributed by atoms with Crippen LogP contribution >= 0.6 is 22.3 Å². The molecule has 1 N–H and O–H groups in total. The van der Waals surface area contributed by atoms with Crippen LogP contribution in [0.1, 0.15) is 20.8 Å². The van der Waals surface area contributed by atoms with E-state index in [1.165, 1.54) is 18.2 Å². The Morgan fingerprint density at radius 1 is 1.28 bits per heavy atom. The topological polar surface area (TPSA) is 63.2 Å². The van der Waals surface area contributed by atoms with Gasteiger partial charge < -0.3 is 5.32 Å². The molecule has 4 nitrogen and oxygen atoms in total. The minimum absolute atomic E-state index is 0.0308. The predicted molar refractivity (Wildman–Crippen MR) is 72.6 cm³/mol. The Bertz CT molecular complexity index is 576. The molecule has 0 aliphatic heterocycles. The van der Waals surface area contributed by atoms with Crippen molar-refractivity contribution in [1.82, 2.24) is 0 Å². The number of carbonyl (C=O) groups excluding carboxylic acids is 1. The highest BCUT2D eigenvalue weighted by Gasteiger charge is 2.22. The molecule has 18 heavy (non-hydrogen) atoms. The van der Waals surface area contributed by atoms with Gasteiger partial charge in [0.15, 0.2) is 0 Å². The Hall–Kier alpha value is -0.780. The molecule has 0 saturated heterocycles. The fourth-order valence-electron chi connectivity index (χ4n) is 1.09. The maximum absolute atomic E-state index is 11.7. The van der Waals surface area contributed by atoms with Crippen molar-refractivity contribution >= 4 is 42.9 Å². The number of amides is 1. The first-order valence-corrected chi connectivity index (χ1v) is 7.76. The van der Waals surface area contributed by atoms with Crippen LogP contribution in [0.5, 0.6) is 0 Å². The van der Waals surface area contributed by atoms with E-state index in [0.29, 0.717) is 5.69 Å². The summed E-state index contributed by atoms with van der Waals surface area (Å²) < 4.78 is 22.3. The van der Waals surface area contributed by atoms with Crippen LogP contribution in [0.3, 0.4) is 0 Å². The third kappa shape index (κ3) is 3.86. The lowest BCUT2D eigenvalue weighted by Gasteiger charge is -2.17. The summed E-state index contributed by atoms with van der Waals surface area (Å²) in [4.78, 5) is 11.5. The maximum Gasteiger partial charge on any atom is 0.262 e. The van der Waals surface area contributed by atoms with E-state index in [9.17, 15) is 13.2 Å². The molecule has 1 aromatic rings. The molecule has 0 heterocycles. The van der Waals surface area contributed by atoms with Gasteiger partial charge in [-0.05, 0) is 18.2 Å². The lowest BCUT2D eigenvalue weighted by atomic mass is 9.95. The molecule has 0 unspecified atom stereocenters. The van der Waals surface area contributed by atoms with Gasteiger partial charge in [0, 0.05) is 21.8 Å². The van der Waals surface area contributed by atoms with E-state index < -0.39 is 14.5 Å². The zero-order valence-corrected chi connectivity index (χ0v) is 12.4. The summed E-state index contributed by atoms with van der Waals surface area (Å²) in [6.45, 7) is 5.30. The van der Waals surface area contributed by atoms with Gasteiger partial charge >= 0.3 is 0 Å². The Labute approximate surface area is 116 Å². The van der Waals surface area contributed by atoms with Crippen LogP contribution < -0.4 is 5.32 Å². The summed E-state index contributed by atoms with van der Waals surface area (Å²) in [5, 5.41) is 2.61. The largest absolute Gasteiger partial charge is 0.326 e. The molecule has 0 saturated carbocycles. The van der Waals surface area contributed by atoms with Gasteiger partial charge in [0.25, 0.3) is 9.05 Å². The minimum atomic E-state index is -3.88. The van der Waals surface area contributed by atoms with Crippen LogP contribution in [0.2, 0.25) is 5.02 Å². The van der Waals surface area contributed by atoms with E-state index in [0.717, 1.165) is 0 Å². The van der Waals surface area contributed by atoms with Crippen LogP contribution in [-0.4, -0.2) is 14.3 Å². The third-order valence-electron chi connectivity index (χ3n) is 2.13. The van der Waals surface area contributed by atoms with E-state index >= 15 is 0 Å². The molecule has 7 heteroatoms. The summed E-state index contributed by atoms with van der Waals surface area (Å²) in [7, 11) is 1.32. The summed E-state index contributed by atoms with van der Waals surface area (Å²) in [5.74, 6) is -0.194. The lowest BCUT2D eigenvalue weighted by Crippen LogP contribution is -2.27. The van der Waals surface area contributed by atoms with E-state index in [1.807, 2.05) is 0 Å². The first-order chi connectivity index (χ1) is 8.01. The first kappa shape index (κ1) is 15.3. The highest BCUT2D eigenvalue weighted by Crippen LogP contribution is 2.28. The Morgan fingerprint density at radius 3 is 2.22 bits per heavy atom. The molecule has 0 radical (unpaired) electrons. The van der Waals surface area contributed by atoms with Crippen molar-refractivity contribution in [2.45, 2.75) is 25.7 Å². The number of halogens is 2. The molecule has 0 atom stereocenters. The molecule has 1 aromatic carbocycles. The lowest BCUT2D eigenvalue weighted by molar-refractivity contribution is -0.123. The molecular weight excluding hydrogens is 297 g/mol. The van der Waals surface area contributed by atoms with Crippen molar-refractivity contribution in [2.75, 3.05) is 5.32 Å². The number of anilines is 1. The number of hydrogen-bond acceptors (Lipinski definition) is 3. The van der Waals surface area contributed by atoms with Crippen LogP contribution in [0.4, 0.5) is 5.69 Å². The molecule has 0 fully saturated rings. The second-order valence-corrected chi connectivity index (χ2v) is 7.73. The van der Waals surface area contributed by atoms with Crippen LogP contribution in [0, 0.1) is 5.41 Å². The number of nitrogens with one attached hydrogen (secondary N) is 1. The van der Waals surface area contributed by atoms with Gasteiger partial charge in [-0.1, -0.05) is 32.4 Å². The molecule has 0 aliphatic carbocycles. The summed E-state index contributed by atoms with van der Waals surface area (Å²) in [6.07, 6.45) is 0. The predicted octanol–water partition coefficient (Wildman–Crippen LogP) is 3.25. The van der Waals surface area contributed by atoms with Crippen molar-refractivity contribution in [2.24, 2.45) is 5.41 Å². The van der Waals surface area contributed by atoms with Crippen LogP contribution in [-0.2, 0) is 13.8 Å². The minimum Gasteiger partial charge on any atom is -0.326 e. The maximum atomic E-state index is 11.7. The highest BCUT2D eigenvalue weighted by atomic mass is 35.7. The van der Waals surface area contributed by atoms with Crippen molar-refractivity contribution in [3.63, 3.8) is 0 Å². The highest BCUT2D eigenvalue weighted by molar-refractivity contribution is 8.13. The summed E-state index contributed by atoms with van der Waals surface area (Å²) in [6, 6.07) is 4.04. The third-order valence-corrected chi connectivity index (χ3v) is 3.94. The van der Waals surface area contributed by atoms with E-state index in [2.05, 4.69) is 5.32 Å². The molecule has 100 valence electrons. The standard InChI is InChI=1S/C11H13Cl2NO3S/c1-11(2,3)10(15)14-7-4-5-9(8(12)6-7)18(13,16)17/h4-6H,1-3H3,(H,14,15). The van der Waals surface area contributed by atoms with Gasteiger partial charge in [0.1, 0.15) is 4.90 Å². The normalized spacial score (nSPS) is 12.3. The van der Waals surface area contributed by atoms with Crippen molar-refractivity contribution in [3.05, 3.63) is 23.2 Å². The molecule has 0 spiro atoms. The zero-order valence-electron chi connectivity index (χ0n) is 10.1. The van der Waals surface area contributed by atoms with Crippen molar-refractivity contribution in [3.8, 4) is 0 Å². The Morgan fingerprint density at radius 2 is 1.83 bits per heavy atom. The smallest absolute Gasteiger partial charge is 0.262 e. The SMILES string of the molecule is CC(C)(C)C(=O)Nc1ccc(S(=O)(=O)Cl)c(Cl)c1. The van der Waals surface area contributed by atoms with Crippen molar-refractivity contribution in [1.29, 1.82) is 0 Å². The molecule has 0 aliphatic rings. The second kappa shape index (κ2) is 5.07.